The largest absolute Gasteiger partial charge is 0.424 e. The summed E-state index contributed by atoms with van der Waals surface area (Å²) in [5, 5.41) is 17.2. The van der Waals surface area contributed by atoms with Crippen LogP contribution in [0.1, 0.15) is 28.2 Å². The Labute approximate surface area is 175 Å². The number of nitrogens with one attached hydrogen (secondary N) is 3. The number of carbonyl (C=O) groups is 2. The van der Waals surface area contributed by atoms with Crippen LogP contribution in [0.3, 0.4) is 0 Å². The van der Waals surface area contributed by atoms with E-state index in [2.05, 4.69) is 20.9 Å². The van der Waals surface area contributed by atoms with Crippen LogP contribution < -0.4 is 16.0 Å². The third-order valence-corrected chi connectivity index (χ3v) is 4.56. The second-order valence-corrected chi connectivity index (χ2v) is 6.87. The molecular formula is C19H23F4N5O3. The van der Waals surface area contributed by atoms with Crippen molar-refractivity contribution in [3.05, 3.63) is 53.4 Å². The molecule has 1 aromatic carbocycles. The van der Waals surface area contributed by atoms with Crippen molar-refractivity contribution in [3.8, 4) is 0 Å². The monoisotopic (exact) mass is 445 g/mol. The summed E-state index contributed by atoms with van der Waals surface area (Å²) in [6.07, 6.45) is -3.44. The number of aromatic nitrogens is 2. The maximum atomic E-state index is 13.5. The predicted octanol–water partition coefficient (Wildman–Crippen LogP) is 1.74. The number of halogens is 4. The standard InChI is InChI=1S/C19H23F4N5O3/c1-12-3-4-13(11-14(12)20)15(29)24-7-8-27-17(30)26-6-5-18(31,19(21,22)23)16-25-9-10-28(16)2/h3-4,9-11,31H,5-8H2,1-2H3,(H,24,29)(H2,26,27,30). The Morgan fingerprint density at radius 2 is 1.77 bits per heavy atom. The number of benzene rings is 1. The summed E-state index contributed by atoms with van der Waals surface area (Å²) in [6.45, 7) is 1.07. The number of aryl methyl sites for hydroxylation is 2. The number of hydrogen-bond donors (Lipinski definition) is 4. The lowest BCUT2D eigenvalue weighted by Crippen LogP contribution is -2.48. The number of carbonyl (C=O) groups excluding carboxylic acids is 2. The van der Waals surface area contributed by atoms with E-state index in [1.54, 1.807) is 6.92 Å². The minimum absolute atomic E-state index is 0.0154. The van der Waals surface area contributed by atoms with Crippen molar-refractivity contribution in [1.82, 2.24) is 25.5 Å². The first-order valence-electron chi connectivity index (χ1n) is 9.28. The zero-order valence-corrected chi connectivity index (χ0v) is 16.9. The molecule has 0 bridgehead atoms. The summed E-state index contributed by atoms with van der Waals surface area (Å²) in [7, 11) is 1.32. The summed E-state index contributed by atoms with van der Waals surface area (Å²) in [6, 6.07) is 3.23. The molecule has 1 unspecified atom stereocenters. The molecule has 8 nitrogen and oxygen atoms in total. The lowest BCUT2D eigenvalue weighted by Gasteiger charge is -2.29. The van der Waals surface area contributed by atoms with Gasteiger partial charge >= 0.3 is 12.2 Å². The summed E-state index contributed by atoms with van der Waals surface area (Å²) in [5.41, 5.74) is -2.71. The van der Waals surface area contributed by atoms with Crippen LogP contribution in [-0.2, 0) is 12.6 Å². The molecule has 2 rings (SSSR count). The summed E-state index contributed by atoms with van der Waals surface area (Å²) in [5.74, 6) is -1.64. The molecule has 12 heteroatoms. The van der Waals surface area contributed by atoms with Gasteiger partial charge in [-0.1, -0.05) is 6.07 Å². The van der Waals surface area contributed by atoms with Crippen LogP contribution in [0.15, 0.2) is 30.6 Å². The first-order valence-corrected chi connectivity index (χ1v) is 9.28. The fourth-order valence-corrected chi connectivity index (χ4v) is 2.75. The minimum Gasteiger partial charge on any atom is -0.374 e. The van der Waals surface area contributed by atoms with Gasteiger partial charge in [0.05, 0.1) is 0 Å². The highest BCUT2D eigenvalue weighted by Gasteiger charge is 2.57. The molecule has 0 saturated heterocycles. The van der Waals surface area contributed by atoms with Crippen molar-refractivity contribution in [2.75, 3.05) is 19.6 Å². The van der Waals surface area contributed by atoms with Crippen LogP contribution in [-0.4, -0.2) is 52.4 Å². The van der Waals surface area contributed by atoms with Crippen molar-refractivity contribution < 1.29 is 32.3 Å². The average Bonchev–Trinajstić information content (AvgIpc) is 3.12. The van der Waals surface area contributed by atoms with Crippen LogP contribution in [0.25, 0.3) is 0 Å². The summed E-state index contributed by atoms with van der Waals surface area (Å²) < 4.78 is 54.7. The first-order chi connectivity index (χ1) is 14.5. The van der Waals surface area contributed by atoms with E-state index in [1.165, 1.54) is 25.4 Å². The number of imidazole rings is 1. The van der Waals surface area contributed by atoms with E-state index in [4.69, 9.17) is 0 Å². The maximum absolute atomic E-state index is 13.5. The lowest BCUT2D eigenvalue weighted by atomic mass is 9.97. The van der Waals surface area contributed by atoms with E-state index in [1.807, 2.05) is 0 Å². The van der Waals surface area contributed by atoms with Crippen LogP contribution in [0.2, 0.25) is 0 Å². The molecule has 1 aromatic heterocycles. The van der Waals surface area contributed by atoms with E-state index in [-0.39, 0.29) is 18.7 Å². The van der Waals surface area contributed by atoms with Gasteiger partial charge in [0, 0.05) is 51.1 Å². The number of urea groups is 1. The van der Waals surface area contributed by atoms with Crippen molar-refractivity contribution in [3.63, 3.8) is 0 Å². The van der Waals surface area contributed by atoms with Gasteiger partial charge in [0.2, 0.25) is 5.60 Å². The van der Waals surface area contributed by atoms with Gasteiger partial charge in [0.15, 0.2) is 0 Å². The molecule has 2 aromatic rings. The van der Waals surface area contributed by atoms with Gasteiger partial charge in [0.25, 0.3) is 5.91 Å². The first kappa shape index (κ1) is 24.1. The van der Waals surface area contributed by atoms with Gasteiger partial charge in [-0.25, -0.2) is 14.2 Å². The molecule has 3 amide bonds. The fraction of sp³-hybridized carbons (Fsp3) is 0.421. The molecule has 0 saturated carbocycles. The number of alkyl halides is 3. The van der Waals surface area contributed by atoms with E-state index in [9.17, 15) is 32.3 Å². The Bertz CT molecular complexity index is 932. The Morgan fingerprint density at radius 3 is 2.35 bits per heavy atom. The lowest BCUT2D eigenvalue weighted by molar-refractivity contribution is -0.272. The van der Waals surface area contributed by atoms with Crippen molar-refractivity contribution in [1.29, 1.82) is 0 Å². The SMILES string of the molecule is Cc1ccc(C(=O)NCCNC(=O)NCCC(O)(c2nccn2C)C(F)(F)F)cc1F. The zero-order valence-electron chi connectivity index (χ0n) is 16.9. The third-order valence-electron chi connectivity index (χ3n) is 4.56. The molecule has 170 valence electrons. The van der Waals surface area contributed by atoms with Crippen molar-refractivity contribution >= 4 is 11.9 Å². The van der Waals surface area contributed by atoms with E-state index in [0.29, 0.717) is 5.56 Å². The number of hydrogen-bond acceptors (Lipinski definition) is 4. The molecule has 0 aliphatic heterocycles. The van der Waals surface area contributed by atoms with Gasteiger partial charge in [-0.3, -0.25) is 4.79 Å². The smallest absolute Gasteiger partial charge is 0.374 e. The minimum atomic E-state index is -5.00. The topological polar surface area (TPSA) is 108 Å². The molecule has 1 heterocycles. The Balaban J connectivity index is 1.77. The number of aliphatic hydroxyl groups is 1. The molecule has 4 N–H and O–H groups in total. The highest BCUT2D eigenvalue weighted by molar-refractivity contribution is 5.94. The second-order valence-electron chi connectivity index (χ2n) is 6.87. The number of nitrogens with zero attached hydrogens (tertiary/aromatic N) is 2. The maximum Gasteiger partial charge on any atom is 0.424 e. The van der Waals surface area contributed by atoms with Gasteiger partial charge in [-0.2, -0.15) is 13.2 Å². The van der Waals surface area contributed by atoms with Crippen molar-refractivity contribution in [2.24, 2.45) is 7.05 Å². The highest BCUT2D eigenvalue weighted by Crippen LogP contribution is 2.40. The molecule has 0 aliphatic carbocycles. The molecule has 1 atom stereocenters. The fourth-order valence-electron chi connectivity index (χ4n) is 2.75. The number of amides is 3. The quantitative estimate of drug-likeness (QED) is 0.367. The van der Waals surface area contributed by atoms with Crippen LogP contribution in [0, 0.1) is 12.7 Å². The van der Waals surface area contributed by atoms with Crippen LogP contribution in [0.4, 0.5) is 22.4 Å². The van der Waals surface area contributed by atoms with Gasteiger partial charge < -0.3 is 25.6 Å². The Morgan fingerprint density at radius 1 is 1.13 bits per heavy atom. The molecule has 0 aliphatic rings. The third kappa shape index (κ3) is 5.94. The molecule has 31 heavy (non-hydrogen) atoms. The Hall–Kier alpha value is -3.15. The van der Waals surface area contributed by atoms with Crippen LogP contribution in [0.5, 0.6) is 0 Å². The van der Waals surface area contributed by atoms with Gasteiger partial charge in [-0.15, -0.1) is 0 Å². The summed E-state index contributed by atoms with van der Waals surface area (Å²) >= 11 is 0. The van der Waals surface area contributed by atoms with E-state index < -0.39 is 48.3 Å². The molecule has 0 spiro atoms. The Kier molecular flexibility index (Phi) is 7.60. The second kappa shape index (κ2) is 9.77. The molecular weight excluding hydrogens is 422 g/mol. The normalized spacial score (nSPS) is 13.4. The van der Waals surface area contributed by atoms with E-state index in [0.717, 1.165) is 16.8 Å². The average molecular weight is 445 g/mol. The van der Waals surface area contributed by atoms with Gasteiger partial charge in [-0.05, 0) is 24.6 Å². The molecule has 0 fully saturated rings. The highest BCUT2D eigenvalue weighted by atomic mass is 19.4. The summed E-state index contributed by atoms with van der Waals surface area (Å²) in [4.78, 5) is 27.2. The molecule has 0 radical (unpaired) electrons. The van der Waals surface area contributed by atoms with E-state index >= 15 is 0 Å². The van der Waals surface area contributed by atoms with Crippen molar-refractivity contribution in [2.45, 2.75) is 25.1 Å². The predicted molar refractivity (Wildman–Crippen MR) is 103 cm³/mol. The van der Waals surface area contributed by atoms with Gasteiger partial charge in [0.1, 0.15) is 11.6 Å². The van der Waals surface area contributed by atoms with Crippen LogP contribution >= 0.6 is 0 Å². The zero-order chi connectivity index (χ0) is 23.2. The number of rotatable bonds is 8.